The number of anilines is 2. The van der Waals surface area contributed by atoms with Gasteiger partial charge in [-0.25, -0.2) is 0 Å². The summed E-state index contributed by atoms with van der Waals surface area (Å²) in [5, 5.41) is 2.60. The van der Waals surface area contributed by atoms with Crippen molar-refractivity contribution in [3.05, 3.63) is 57.6 Å². The van der Waals surface area contributed by atoms with E-state index in [1.54, 1.807) is 0 Å². The van der Waals surface area contributed by atoms with E-state index in [0.717, 1.165) is 34.8 Å². The molecule has 2 aromatic rings. The number of benzene rings is 2. The zero-order chi connectivity index (χ0) is 16.6. The molecule has 4 heteroatoms. The first-order valence-electron chi connectivity index (χ1n) is 7.88. The lowest BCUT2D eigenvalue weighted by atomic mass is 9.73. The quantitative estimate of drug-likeness (QED) is 0.388. The van der Waals surface area contributed by atoms with Crippen LogP contribution in [0.1, 0.15) is 37.8 Å². The highest BCUT2D eigenvalue weighted by molar-refractivity contribution is 9.09. The molecule has 0 bridgehead atoms. The summed E-state index contributed by atoms with van der Waals surface area (Å²) >= 11 is 16.1. The molecule has 0 aromatic heterocycles. The molecule has 1 aliphatic rings. The van der Waals surface area contributed by atoms with E-state index in [2.05, 4.69) is 58.9 Å². The van der Waals surface area contributed by atoms with E-state index in [4.69, 9.17) is 23.2 Å². The smallest absolute Gasteiger partial charge is 0.0453 e. The van der Waals surface area contributed by atoms with Crippen molar-refractivity contribution < 1.29 is 0 Å². The molecule has 122 valence electrons. The van der Waals surface area contributed by atoms with Crippen LogP contribution in [0.3, 0.4) is 0 Å². The maximum Gasteiger partial charge on any atom is 0.0453 e. The van der Waals surface area contributed by atoms with E-state index >= 15 is 0 Å². The number of hydrogen-bond acceptors (Lipinski definition) is 1. The van der Waals surface area contributed by atoms with Crippen molar-refractivity contribution in [2.45, 2.75) is 32.1 Å². The third-order valence-electron chi connectivity index (χ3n) is 4.61. The second kappa shape index (κ2) is 6.66. The minimum absolute atomic E-state index is 0.119. The molecular weight excluding hydrogens is 393 g/mol. The van der Waals surface area contributed by atoms with Gasteiger partial charge in [0.1, 0.15) is 0 Å². The van der Waals surface area contributed by atoms with Gasteiger partial charge in [0, 0.05) is 38.7 Å². The Morgan fingerprint density at radius 2 is 1.43 bits per heavy atom. The molecule has 0 saturated carbocycles. The van der Waals surface area contributed by atoms with E-state index in [0.29, 0.717) is 0 Å². The minimum Gasteiger partial charge on any atom is -0.341 e. The average molecular weight is 413 g/mol. The van der Waals surface area contributed by atoms with Gasteiger partial charge in [0.25, 0.3) is 0 Å². The molecule has 1 nitrogen and oxygen atoms in total. The van der Waals surface area contributed by atoms with Crippen molar-refractivity contribution in [1.29, 1.82) is 0 Å². The monoisotopic (exact) mass is 411 g/mol. The molecule has 0 radical (unpaired) electrons. The van der Waals surface area contributed by atoms with E-state index in [9.17, 15) is 0 Å². The van der Waals surface area contributed by atoms with Crippen LogP contribution in [0, 0.1) is 0 Å². The second-order valence-corrected chi connectivity index (χ2v) is 8.16. The van der Waals surface area contributed by atoms with Crippen LogP contribution in [0.15, 0.2) is 36.4 Å². The lowest BCUT2D eigenvalue weighted by Crippen LogP contribution is -2.33. The van der Waals surface area contributed by atoms with Gasteiger partial charge in [-0.2, -0.15) is 0 Å². The molecule has 0 spiro atoms. The Morgan fingerprint density at radius 3 is 1.91 bits per heavy atom. The van der Waals surface area contributed by atoms with Gasteiger partial charge in [-0.1, -0.05) is 53.0 Å². The standard InChI is InChI=1S/C19H20BrCl2N/c1-19(2)15-11-13(21)5-7-17(15)23(10-4-3-9-20)18-8-6-14(22)12-16(18)19/h5-8,11-12H,3-4,9-10H2,1-2H3. The van der Waals surface area contributed by atoms with Crippen LogP contribution < -0.4 is 4.90 Å². The molecule has 2 aromatic carbocycles. The summed E-state index contributed by atoms with van der Waals surface area (Å²) in [6.07, 6.45) is 2.29. The number of alkyl halides is 1. The Bertz CT molecular complexity index is 672. The molecule has 0 atom stereocenters. The molecule has 0 aliphatic carbocycles. The highest BCUT2D eigenvalue weighted by Crippen LogP contribution is 2.50. The van der Waals surface area contributed by atoms with Crippen molar-refractivity contribution >= 4 is 50.5 Å². The molecule has 1 heterocycles. The van der Waals surface area contributed by atoms with Gasteiger partial charge >= 0.3 is 0 Å². The summed E-state index contributed by atoms with van der Waals surface area (Å²) < 4.78 is 0. The zero-order valence-electron chi connectivity index (χ0n) is 13.4. The Balaban J connectivity index is 2.15. The number of halogens is 3. The van der Waals surface area contributed by atoms with Crippen molar-refractivity contribution in [2.24, 2.45) is 0 Å². The van der Waals surface area contributed by atoms with Crippen LogP contribution in [0.25, 0.3) is 0 Å². The van der Waals surface area contributed by atoms with Crippen LogP contribution in [0.4, 0.5) is 11.4 Å². The van der Waals surface area contributed by atoms with Crippen LogP contribution in [0.2, 0.25) is 10.0 Å². The Labute approximate surface area is 156 Å². The van der Waals surface area contributed by atoms with Gasteiger partial charge in [0.2, 0.25) is 0 Å². The van der Waals surface area contributed by atoms with Crippen LogP contribution in [0.5, 0.6) is 0 Å². The normalized spacial score (nSPS) is 15.3. The number of hydrogen-bond donors (Lipinski definition) is 0. The van der Waals surface area contributed by atoms with Crippen LogP contribution in [-0.2, 0) is 5.41 Å². The minimum atomic E-state index is -0.119. The third-order valence-corrected chi connectivity index (χ3v) is 5.64. The predicted molar refractivity (Wildman–Crippen MR) is 105 cm³/mol. The summed E-state index contributed by atoms with van der Waals surface area (Å²) in [6.45, 7) is 5.48. The van der Waals surface area contributed by atoms with Crippen molar-refractivity contribution in [3.63, 3.8) is 0 Å². The lowest BCUT2D eigenvalue weighted by molar-refractivity contribution is 0.620. The SMILES string of the molecule is CC1(C)c2cc(Cl)ccc2N(CCCCBr)c2ccc(Cl)cc21. The highest BCUT2D eigenvalue weighted by atomic mass is 79.9. The van der Waals surface area contributed by atoms with Gasteiger partial charge < -0.3 is 4.90 Å². The summed E-state index contributed by atoms with van der Waals surface area (Å²) in [4.78, 5) is 2.41. The first-order chi connectivity index (χ1) is 10.9. The number of fused-ring (bicyclic) bond motifs is 2. The molecule has 0 saturated heterocycles. The Morgan fingerprint density at radius 1 is 0.913 bits per heavy atom. The van der Waals surface area contributed by atoms with Gasteiger partial charge in [0.05, 0.1) is 0 Å². The Kier molecular flexibility index (Phi) is 4.96. The van der Waals surface area contributed by atoms with Gasteiger partial charge in [-0.3, -0.25) is 0 Å². The van der Waals surface area contributed by atoms with Crippen molar-refractivity contribution in [1.82, 2.24) is 0 Å². The molecule has 0 amide bonds. The molecule has 3 rings (SSSR count). The fraction of sp³-hybridized carbons (Fsp3) is 0.368. The van der Waals surface area contributed by atoms with Gasteiger partial charge in [0.15, 0.2) is 0 Å². The topological polar surface area (TPSA) is 3.24 Å². The van der Waals surface area contributed by atoms with E-state index in [-0.39, 0.29) is 5.41 Å². The van der Waals surface area contributed by atoms with Crippen LogP contribution >= 0.6 is 39.1 Å². The summed E-state index contributed by atoms with van der Waals surface area (Å²) in [5.74, 6) is 0. The molecule has 0 fully saturated rings. The Hall–Kier alpha value is -0.700. The predicted octanol–water partition coefficient (Wildman–Crippen LogP) is 6.95. The fourth-order valence-corrected chi connectivity index (χ4v) is 4.11. The van der Waals surface area contributed by atoms with Crippen LogP contribution in [-0.4, -0.2) is 11.9 Å². The number of unbranched alkanes of at least 4 members (excludes halogenated alkanes) is 1. The zero-order valence-corrected chi connectivity index (χ0v) is 16.5. The first-order valence-corrected chi connectivity index (χ1v) is 9.76. The molecule has 0 N–H and O–H groups in total. The maximum atomic E-state index is 6.29. The maximum absolute atomic E-state index is 6.29. The second-order valence-electron chi connectivity index (χ2n) is 6.50. The lowest BCUT2D eigenvalue weighted by Gasteiger charge is -2.42. The summed E-state index contributed by atoms with van der Waals surface area (Å²) in [7, 11) is 0. The number of rotatable bonds is 4. The first kappa shape index (κ1) is 17.1. The van der Waals surface area contributed by atoms with Gasteiger partial charge in [-0.05, 0) is 60.4 Å². The van der Waals surface area contributed by atoms with E-state index in [1.807, 2.05) is 12.1 Å². The van der Waals surface area contributed by atoms with Gasteiger partial charge in [-0.15, -0.1) is 0 Å². The van der Waals surface area contributed by atoms with Crippen molar-refractivity contribution in [3.8, 4) is 0 Å². The largest absolute Gasteiger partial charge is 0.341 e. The fourth-order valence-electron chi connectivity index (χ4n) is 3.37. The number of nitrogens with zero attached hydrogens (tertiary/aromatic N) is 1. The summed E-state index contributed by atoms with van der Waals surface area (Å²) in [5.41, 5.74) is 4.91. The molecule has 23 heavy (non-hydrogen) atoms. The highest BCUT2D eigenvalue weighted by Gasteiger charge is 2.36. The third kappa shape index (κ3) is 3.14. The van der Waals surface area contributed by atoms with E-state index < -0.39 is 0 Å². The van der Waals surface area contributed by atoms with E-state index in [1.165, 1.54) is 22.5 Å². The summed E-state index contributed by atoms with van der Waals surface area (Å²) in [6, 6.07) is 12.4. The molecular formula is C19H20BrCl2N. The average Bonchev–Trinajstić information content (AvgIpc) is 2.51. The molecule has 1 aliphatic heterocycles. The van der Waals surface area contributed by atoms with Crippen molar-refractivity contribution in [2.75, 3.05) is 16.8 Å². The molecule has 0 unspecified atom stereocenters.